The lowest BCUT2D eigenvalue weighted by Gasteiger charge is -2.15. The fraction of sp³-hybridized carbons (Fsp3) is 0.238. The molecule has 1 N–H and O–H groups in total. The van der Waals surface area contributed by atoms with E-state index in [0.29, 0.717) is 23.6 Å². The van der Waals surface area contributed by atoms with Gasteiger partial charge < -0.3 is 14.8 Å². The summed E-state index contributed by atoms with van der Waals surface area (Å²) in [4.78, 5) is 24.1. The van der Waals surface area contributed by atoms with E-state index in [0.717, 1.165) is 18.2 Å². The van der Waals surface area contributed by atoms with Gasteiger partial charge >= 0.3 is 12.1 Å². The van der Waals surface area contributed by atoms with Crippen LogP contribution in [0, 0.1) is 0 Å². The Balaban J connectivity index is 1.93. The number of alkyl halides is 3. The molecule has 1 atom stereocenters. The van der Waals surface area contributed by atoms with Crippen molar-refractivity contribution in [3.63, 3.8) is 0 Å². The van der Waals surface area contributed by atoms with E-state index in [-0.39, 0.29) is 0 Å². The highest BCUT2D eigenvalue weighted by atomic mass is 19.4. The minimum atomic E-state index is -4.43. The number of esters is 1. The Labute approximate surface area is 166 Å². The quantitative estimate of drug-likeness (QED) is 0.534. The maximum Gasteiger partial charge on any atom is 0.416 e. The van der Waals surface area contributed by atoms with E-state index in [9.17, 15) is 22.8 Å². The molecule has 0 heterocycles. The number of para-hydroxylation sites is 2. The Morgan fingerprint density at radius 1 is 1.10 bits per heavy atom. The average molecular weight is 407 g/mol. The number of carbonyl (C=O) groups excluding carboxylic acids is 2. The first kappa shape index (κ1) is 22.0. The van der Waals surface area contributed by atoms with Crippen molar-refractivity contribution in [2.75, 3.05) is 11.9 Å². The predicted octanol–water partition coefficient (Wildman–Crippen LogP) is 4.69. The zero-order valence-corrected chi connectivity index (χ0v) is 15.8. The minimum Gasteiger partial charge on any atom is -0.492 e. The molecule has 0 unspecified atom stereocenters. The molecule has 0 saturated carbocycles. The van der Waals surface area contributed by atoms with E-state index in [4.69, 9.17) is 9.47 Å². The van der Waals surface area contributed by atoms with E-state index in [1.807, 2.05) is 6.92 Å². The van der Waals surface area contributed by atoms with Crippen LogP contribution in [0.1, 0.15) is 25.0 Å². The fourth-order valence-corrected chi connectivity index (χ4v) is 2.30. The molecular weight excluding hydrogens is 387 g/mol. The second-order valence-electron chi connectivity index (χ2n) is 5.95. The monoisotopic (exact) mass is 407 g/mol. The van der Waals surface area contributed by atoms with Gasteiger partial charge in [-0.15, -0.1) is 0 Å². The van der Waals surface area contributed by atoms with Crippen molar-refractivity contribution in [2.24, 2.45) is 0 Å². The van der Waals surface area contributed by atoms with Crippen LogP contribution in [0.4, 0.5) is 18.9 Å². The lowest BCUT2D eigenvalue weighted by molar-refractivity contribution is -0.148. The smallest absolute Gasteiger partial charge is 0.416 e. The number of hydrogen-bond acceptors (Lipinski definition) is 4. The summed E-state index contributed by atoms with van der Waals surface area (Å²) >= 11 is 0. The van der Waals surface area contributed by atoms with Gasteiger partial charge in [0.05, 0.1) is 17.9 Å². The maximum absolute atomic E-state index is 12.5. The summed E-state index contributed by atoms with van der Waals surface area (Å²) in [6, 6.07) is 11.1. The lowest BCUT2D eigenvalue weighted by atomic mass is 10.1. The van der Waals surface area contributed by atoms with E-state index in [1.54, 1.807) is 24.3 Å². The van der Waals surface area contributed by atoms with Gasteiger partial charge in [-0.1, -0.05) is 24.3 Å². The molecule has 5 nitrogen and oxygen atoms in total. The first-order valence-electron chi connectivity index (χ1n) is 8.79. The van der Waals surface area contributed by atoms with Crippen LogP contribution in [0.25, 0.3) is 6.08 Å². The van der Waals surface area contributed by atoms with Crippen molar-refractivity contribution in [1.82, 2.24) is 0 Å². The van der Waals surface area contributed by atoms with Crippen LogP contribution >= 0.6 is 0 Å². The molecule has 2 aromatic carbocycles. The first-order chi connectivity index (χ1) is 13.7. The molecule has 154 valence electrons. The molecule has 2 rings (SSSR count). The number of benzene rings is 2. The molecule has 0 aliphatic carbocycles. The third-order valence-corrected chi connectivity index (χ3v) is 3.76. The van der Waals surface area contributed by atoms with Gasteiger partial charge in [0.2, 0.25) is 0 Å². The van der Waals surface area contributed by atoms with Crippen molar-refractivity contribution in [2.45, 2.75) is 26.1 Å². The predicted molar refractivity (Wildman–Crippen MR) is 102 cm³/mol. The Morgan fingerprint density at radius 2 is 1.76 bits per heavy atom. The number of halogens is 3. The van der Waals surface area contributed by atoms with Gasteiger partial charge in [0.1, 0.15) is 5.75 Å². The van der Waals surface area contributed by atoms with Crippen LogP contribution < -0.4 is 10.1 Å². The summed E-state index contributed by atoms with van der Waals surface area (Å²) in [6.07, 6.45) is -3.17. The van der Waals surface area contributed by atoms with Gasteiger partial charge in [-0.25, -0.2) is 4.79 Å². The molecule has 0 aliphatic heterocycles. The largest absolute Gasteiger partial charge is 0.492 e. The molecule has 0 aliphatic rings. The summed E-state index contributed by atoms with van der Waals surface area (Å²) in [6.45, 7) is 3.64. The minimum absolute atomic E-state index is 0.387. The number of ether oxygens (including phenoxy) is 2. The Morgan fingerprint density at radius 3 is 2.38 bits per heavy atom. The van der Waals surface area contributed by atoms with Gasteiger partial charge in [-0.05, 0) is 49.8 Å². The van der Waals surface area contributed by atoms with Crippen LogP contribution in [-0.4, -0.2) is 24.6 Å². The van der Waals surface area contributed by atoms with Gasteiger partial charge in [0, 0.05) is 6.08 Å². The van der Waals surface area contributed by atoms with Gasteiger partial charge in [0.25, 0.3) is 5.91 Å². The number of hydrogen-bond donors (Lipinski definition) is 1. The molecule has 0 aromatic heterocycles. The molecule has 29 heavy (non-hydrogen) atoms. The highest BCUT2D eigenvalue weighted by molar-refractivity contribution is 5.97. The standard InChI is InChI=1S/C21H20F3NO4/c1-3-28-18-7-5-4-6-17(18)25-20(27)14(2)29-19(26)13-10-15-8-11-16(12-9-15)21(22,23)24/h4-14H,3H2,1-2H3,(H,25,27)/b13-10+/t14-/m0/s1. The number of anilines is 1. The molecule has 0 spiro atoms. The summed E-state index contributed by atoms with van der Waals surface area (Å²) in [5.74, 6) is -0.858. The Bertz CT molecular complexity index is 876. The summed E-state index contributed by atoms with van der Waals surface area (Å²) in [7, 11) is 0. The van der Waals surface area contributed by atoms with Crippen LogP contribution in [0.3, 0.4) is 0 Å². The van der Waals surface area contributed by atoms with Crippen LogP contribution in [0.15, 0.2) is 54.6 Å². The topological polar surface area (TPSA) is 64.6 Å². The van der Waals surface area contributed by atoms with E-state index < -0.39 is 29.7 Å². The van der Waals surface area contributed by atoms with Crippen molar-refractivity contribution in [1.29, 1.82) is 0 Å². The van der Waals surface area contributed by atoms with Gasteiger partial charge in [-0.3, -0.25) is 4.79 Å². The SMILES string of the molecule is CCOc1ccccc1NC(=O)[C@H](C)OC(=O)/C=C/c1ccc(C(F)(F)F)cc1. The zero-order valence-electron chi connectivity index (χ0n) is 15.8. The summed E-state index contributed by atoms with van der Waals surface area (Å²) in [5, 5.41) is 2.62. The third-order valence-electron chi connectivity index (χ3n) is 3.76. The molecule has 0 radical (unpaired) electrons. The normalized spacial score (nSPS) is 12.4. The third kappa shape index (κ3) is 6.67. The summed E-state index contributed by atoms with van der Waals surface area (Å²) in [5.41, 5.74) is 0.0510. The average Bonchev–Trinajstić information content (AvgIpc) is 2.67. The fourth-order valence-electron chi connectivity index (χ4n) is 2.30. The second kappa shape index (κ2) is 9.77. The Hall–Kier alpha value is -3.29. The van der Waals surface area contributed by atoms with Gasteiger partial charge in [-0.2, -0.15) is 13.2 Å². The second-order valence-corrected chi connectivity index (χ2v) is 5.95. The summed E-state index contributed by atoms with van der Waals surface area (Å²) < 4.78 is 48.1. The maximum atomic E-state index is 12.5. The molecular formula is C21H20F3NO4. The first-order valence-corrected chi connectivity index (χ1v) is 8.79. The van der Waals surface area contributed by atoms with Crippen LogP contribution in [0.2, 0.25) is 0 Å². The van der Waals surface area contributed by atoms with Crippen molar-refractivity contribution in [3.05, 3.63) is 65.7 Å². The molecule has 0 bridgehead atoms. The zero-order chi connectivity index (χ0) is 21.4. The van der Waals surface area contributed by atoms with Crippen molar-refractivity contribution < 1.29 is 32.2 Å². The van der Waals surface area contributed by atoms with Gasteiger partial charge in [0.15, 0.2) is 6.10 Å². The van der Waals surface area contributed by atoms with E-state index in [2.05, 4.69) is 5.32 Å². The van der Waals surface area contributed by atoms with Crippen LogP contribution in [0.5, 0.6) is 5.75 Å². The number of amides is 1. The van der Waals surface area contributed by atoms with E-state index in [1.165, 1.54) is 25.1 Å². The van der Waals surface area contributed by atoms with Crippen molar-refractivity contribution in [3.8, 4) is 5.75 Å². The number of rotatable bonds is 7. The molecule has 0 saturated heterocycles. The van der Waals surface area contributed by atoms with Crippen LogP contribution in [-0.2, 0) is 20.5 Å². The number of carbonyl (C=O) groups is 2. The molecule has 1 amide bonds. The molecule has 0 fully saturated rings. The van der Waals surface area contributed by atoms with E-state index >= 15 is 0 Å². The number of nitrogens with one attached hydrogen (secondary N) is 1. The highest BCUT2D eigenvalue weighted by Crippen LogP contribution is 2.29. The lowest BCUT2D eigenvalue weighted by Crippen LogP contribution is -2.29. The Kier molecular flexibility index (Phi) is 7.41. The highest BCUT2D eigenvalue weighted by Gasteiger charge is 2.29. The molecule has 8 heteroatoms. The molecule has 2 aromatic rings. The van der Waals surface area contributed by atoms with Crippen molar-refractivity contribution >= 4 is 23.6 Å².